The quantitative estimate of drug-likeness (QED) is 0.784. The van der Waals surface area contributed by atoms with E-state index in [1.54, 1.807) is 0 Å². The second-order valence-electron chi connectivity index (χ2n) is 3.35. The Hall–Kier alpha value is -1.13. The Labute approximate surface area is 98.2 Å². The molecule has 0 saturated heterocycles. The maximum Gasteiger partial charge on any atom is 0.224 e. The van der Waals surface area contributed by atoms with Crippen LogP contribution in [0.25, 0.3) is 0 Å². The molecule has 0 unspecified atom stereocenters. The van der Waals surface area contributed by atoms with Gasteiger partial charge in [-0.25, -0.2) is 4.39 Å². The van der Waals surface area contributed by atoms with E-state index >= 15 is 0 Å². The first-order chi connectivity index (χ1) is 7.63. The summed E-state index contributed by atoms with van der Waals surface area (Å²) in [4.78, 5) is 11.4. The maximum atomic E-state index is 12.9. The molecule has 1 aromatic rings. The van der Waals surface area contributed by atoms with Crippen LogP contribution in [0.5, 0.6) is 0 Å². The van der Waals surface area contributed by atoms with Crippen LogP contribution in [0.2, 0.25) is 5.02 Å². The molecule has 88 valence electrons. The van der Waals surface area contributed by atoms with E-state index in [-0.39, 0.29) is 24.6 Å². The number of carbonyl (C=O) groups excluding carboxylic acids is 1. The first-order valence-electron chi connectivity index (χ1n) is 4.99. The molecule has 0 aliphatic carbocycles. The second-order valence-corrected chi connectivity index (χ2v) is 3.76. The lowest BCUT2D eigenvalue weighted by atomic mass is 10.2. The number of aliphatic hydroxyl groups excluding tert-OH is 1. The Balaban J connectivity index is 2.52. The summed E-state index contributed by atoms with van der Waals surface area (Å²) < 4.78 is 12.9. The van der Waals surface area contributed by atoms with Gasteiger partial charge in [0.25, 0.3) is 0 Å². The van der Waals surface area contributed by atoms with Gasteiger partial charge < -0.3 is 10.4 Å². The molecule has 0 heterocycles. The van der Waals surface area contributed by atoms with Gasteiger partial charge in [0.1, 0.15) is 5.82 Å². The van der Waals surface area contributed by atoms with Crippen molar-refractivity contribution < 1.29 is 14.3 Å². The van der Waals surface area contributed by atoms with Crippen LogP contribution in [0.15, 0.2) is 18.2 Å². The van der Waals surface area contributed by atoms with Crippen LogP contribution in [0, 0.1) is 5.82 Å². The second kappa shape index (κ2) is 6.45. The van der Waals surface area contributed by atoms with Gasteiger partial charge in [0.05, 0.1) is 10.7 Å². The summed E-state index contributed by atoms with van der Waals surface area (Å²) in [5.41, 5.74) is 0.274. The SMILES string of the molecule is O=C(CCCCO)Nc1cc(F)ccc1Cl. The molecule has 0 atom stereocenters. The predicted octanol–water partition coefficient (Wildman–Crippen LogP) is 2.58. The predicted molar refractivity (Wildman–Crippen MR) is 61.0 cm³/mol. The fourth-order valence-corrected chi connectivity index (χ4v) is 1.37. The van der Waals surface area contributed by atoms with E-state index in [0.717, 1.165) is 0 Å². The number of rotatable bonds is 5. The Morgan fingerprint density at radius 1 is 1.44 bits per heavy atom. The third-order valence-electron chi connectivity index (χ3n) is 2.01. The number of benzene rings is 1. The van der Waals surface area contributed by atoms with Crippen molar-refractivity contribution in [3.05, 3.63) is 29.0 Å². The van der Waals surface area contributed by atoms with Gasteiger partial charge >= 0.3 is 0 Å². The highest BCUT2D eigenvalue weighted by molar-refractivity contribution is 6.33. The topological polar surface area (TPSA) is 49.3 Å². The molecule has 0 spiro atoms. The van der Waals surface area contributed by atoms with Gasteiger partial charge in [-0.15, -0.1) is 0 Å². The summed E-state index contributed by atoms with van der Waals surface area (Å²) in [6.45, 7) is 0.0635. The van der Waals surface area contributed by atoms with Crippen molar-refractivity contribution in [1.82, 2.24) is 0 Å². The van der Waals surface area contributed by atoms with Crippen LogP contribution >= 0.6 is 11.6 Å². The zero-order valence-electron chi connectivity index (χ0n) is 8.67. The lowest BCUT2D eigenvalue weighted by Gasteiger charge is -2.06. The number of anilines is 1. The fourth-order valence-electron chi connectivity index (χ4n) is 1.20. The van der Waals surface area contributed by atoms with E-state index in [4.69, 9.17) is 16.7 Å². The third-order valence-corrected chi connectivity index (χ3v) is 2.34. The summed E-state index contributed by atoms with van der Waals surface area (Å²) in [6.07, 6.45) is 1.45. The van der Waals surface area contributed by atoms with Crippen LogP contribution in [0.3, 0.4) is 0 Å². The van der Waals surface area contributed by atoms with Crippen LogP contribution in [-0.4, -0.2) is 17.6 Å². The van der Waals surface area contributed by atoms with Gasteiger partial charge in [0, 0.05) is 13.0 Å². The smallest absolute Gasteiger partial charge is 0.224 e. The average molecular weight is 246 g/mol. The molecule has 0 saturated carbocycles. The van der Waals surface area contributed by atoms with E-state index in [0.29, 0.717) is 17.9 Å². The highest BCUT2D eigenvalue weighted by atomic mass is 35.5. The molecular weight excluding hydrogens is 233 g/mol. The first-order valence-corrected chi connectivity index (χ1v) is 5.37. The molecular formula is C11H13ClFNO2. The summed E-state index contributed by atoms with van der Waals surface area (Å²) in [6, 6.07) is 3.79. The molecule has 0 aliphatic rings. The number of hydrogen-bond acceptors (Lipinski definition) is 2. The molecule has 1 rings (SSSR count). The van der Waals surface area contributed by atoms with E-state index in [1.807, 2.05) is 0 Å². The van der Waals surface area contributed by atoms with Crippen molar-refractivity contribution in [2.24, 2.45) is 0 Å². The number of amides is 1. The highest BCUT2D eigenvalue weighted by Crippen LogP contribution is 2.22. The Morgan fingerprint density at radius 2 is 2.19 bits per heavy atom. The monoisotopic (exact) mass is 245 g/mol. The van der Waals surface area contributed by atoms with Gasteiger partial charge in [-0.3, -0.25) is 4.79 Å². The molecule has 5 heteroatoms. The maximum absolute atomic E-state index is 12.9. The summed E-state index contributed by atoms with van der Waals surface area (Å²) >= 11 is 5.78. The number of nitrogens with one attached hydrogen (secondary N) is 1. The number of unbranched alkanes of at least 4 members (excludes halogenated alkanes) is 1. The van der Waals surface area contributed by atoms with Gasteiger partial charge in [-0.1, -0.05) is 11.6 Å². The standard InChI is InChI=1S/C11H13ClFNO2/c12-9-5-4-8(13)7-10(9)14-11(16)3-1-2-6-15/h4-5,7,15H,1-3,6H2,(H,14,16). The molecule has 1 amide bonds. The van der Waals surface area contributed by atoms with Crippen LogP contribution in [0.1, 0.15) is 19.3 Å². The van der Waals surface area contributed by atoms with Gasteiger partial charge in [0.15, 0.2) is 0 Å². The van der Waals surface area contributed by atoms with Crippen LogP contribution in [-0.2, 0) is 4.79 Å². The minimum Gasteiger partial charge on any atom is -0.396 e. The van der Waals surface area contributed by atoms with E-state index < -0.39 is 5.82 Å². The number of halogens is 2. The van der Waals surface area contributed by atoms with E-state index in [1.165, 1.54) is 18.2 Å². The molecule has 1 aromatic carbocycles. The van der Waals surface area contributed by atoms with Gasteiger partial charge in [-0.2, -0.15) is 0 Å². The number of aliphatic hydroxyl groups is 1. The normalized spacial score (nSPS) is 10.2. The zero-order valence-corrected chi connectivity index (χ0v) is 9.43. The Morgan fingerprint density at radius 3 is 2.88 bits per heavy atom. The summed E-state index contributed by atoms with van der Waals surface area (Å²) in [7, 11) is 0. The van der Waals surface area contributed by atoms with Crippen LogP contribution in [0.4, 0.5) is 10.1 Å². The molecule has 2 N–H and O–H groups in total. The molecule has 0 aliphatic heterocycles. The van der Waals surface area contributed by atoms with Crippen molar-refractivity contribution in [2.75, 3.05) is 11.9 Å². The molecule has 0 bridgehead atoms. The average Bonchev–Trinajstić information content (AvgIpc) is 2.24. The molecule has 0 fully saturated rings. The van der Waals surface area contributed by atoms with Gasteiger partial charge in [0.2, 0.25) is 5.91 Å². The lowest BCUT2D eigenvalue weighted by molar-refractivity contribution is -0.116. The molecule has 0 aromatic heterocycles. The first kappa shape index (κ1) is 12.9. The highest BCUT2D eigenvalue weighted by Gasteiger charge is 2.06. The zero-order chi connectivity index (χ0) is 12.0. The Kier molecular flexibility index (Phi) is 5.22. The minimum absolute atomic E-state index is 0.0635. The van der Waals surface area contributed by atoms with Crippen molar-refractivity contribution in [3.8, 4) is 0 Å². The molecule has 0 radical (unpaired) electrons. The molecule has 16 heavy (non-hydrogen) atoms. The van der Waals surface area contributed by atoms with Crippen LogP contribution < -0.4 is 5.32 Å². The lowest BCUT2D eigenvalue weighted by Crippen LogP contribution is -2.11. The third kappa shape index (κ3) is 4.16. The number of carbonyl (C=O) groups is 1. The van der Waals surface area contributed by atoms with Crippen molar-refractivity contribution in [3.63, 3.8) is 0 Å². The van der Waals surface area contributed by atoms with E-state index in [9.17, 15) is 9.18 Å². The Bertz CT molecular complexity index is 371. The van der Waals surface area contributed by atoms with Crippen molar-refractivity contribution in [2.45, 2.75) is 19.3 Å². The summed E-state index contributed by atoms with van der Waals surface area (Å²) in [5.74, 6) is -0.684. The fraction of sp³-hybridized carbons (Fsp3) is 0.364. The summed E-state index contributed by atoms with van der Waals surface area (Å²) in [5, 5.41) is 11.4. The minimum atomic E-state index is -0.449. The van der Waals surface area contributed by atoms with Crippen molar-refractivity contribution in [1.29, 1.82) is 0 Å². The van der Waals surface area contributed by atoms with Crippen molar-refractivity contribution >= 4 is 23.2 Å². The van der Waals surface area contributed by atoms with E-state index in [2.05, 4.69) is 5.32 Å². The largest absolute Gasteiger partial charge is 0.396 e. The van der Waals surface area contributed by atoms with Gasteiger partial charge in [-0.05, 0) is 31.0 Å². The number of hydrogen-bond donors (Lipinski definition) is 2. The molecule has 3 nitrogen and oxygen atoms in total.